The van der Waals surface area contributed by atoms with Crippen LogP contribution >= 0.6 is 52.3 Å². The third-order valence-corrected chi connectivity index (χ3v) is 13.7. The number of benzene rings is 4. The fourth-order valence-electron chi connectivity index (χ4n) is 6.86. The number of nitriles is 2. The number of carbonyl (C=O) groups is 7. The summed E-state index contributed by atoms with van der Waals surface area (Å²) < 4.78 is 103. The molecule has 0 fully saturated rings. The summed E-state index contributed by atoms with van der Waals surface area (Å²) in [5.41, 5.74) is 23.6. The molecular formula is C76H116BBrCl3F3N10NaO23. The first-order chi connectivity index (χ1) is 54.3. The van der Waals surface area contributed by atoms with Gasteiger partial charge in [-0.15, -0.1) is 24.8 Å². The summed E-state index contributed by atoms with van der Waals surface area (Å²) >= 11 is 7.99. The zero-order valence-electron chi connectivity index (χ0n) is 70.8. The van der Waals surface area contributed by atoms with E-state index in [0.717, 1.165) is 25.5 Å². The van der Waals surface area contributed by atoms with Crippen molar-refractivity contribution in [1.82, 2.24) is 19.9 Å². The maximum atomic E-state index is 13.4. The SMILES string of the molecule is CC(=O)O.CCC(=O)CBr.CCC(=O)CO.CCC(=O)COC(C)=O.CCC(=O)COCOC.CCC(=O)COCOC.CCC(CO)Oc1cccc2nc(N)nc(N)c12.CCC(COCOC)Oc1cccc(F)c1C#N.CCC(COCOC)Oc1cccc2nc(N)nc(N)c12.COCCl.Cl.Cl.N#Cc1c(F)cccc1F.[B].[H-].[Na+]. The van der Waals surface area contributed by atoms with Gasteiger partial charge in [-0.25, -0.2) is 23.1 Å². The summed E-state index contributed by atoms with van der Waals surface area (Å²) in [4.78, 5) is 86.8. The third-order valence-electron chi connectivity index (χ3n) is 12.9. The molecule has 0 bridgehead atoms. The summed E-state index contributed by atoms with van der Waals surface area (Å²) in [6.45, 7) is 18.6. The third kappa shape index (κ3) is 67.0. The molecule has 0 aliphatic heterocycles. The molecule has 6 rings (SSSR count). The molecule has 0 spiro atoms. The molecule has 661 valence electrons. The molecule has 11 N–H and O–H groups in total. The van der Waals surface area contributed by atoms with Crippen molar-refractivity contribution in [3.05, 3.63) is 101 Å². The number of aromatic nitrogens is 4. The van der Waals surface area contributed by atoms with Crippen molar-refractivity contribution >= 4 is 147 Å². The van der Waals surface area contributed by atoms with Gasteiger partial charge in [-0.1, -0.05) is 107 Å². The van der Waals surface area contributed by atoms with Crippen LogP contribution in [0.5, 0.6) is 17.2 Å². The van der Waals surface area contributed by atoms with E-state index in [0.29, 0.717) is 109 Å². The predicted molar refractivity (Wildman–Crippen MR) is 448 cm³/mol. The molecular weight excluding hydrogens is 1700 g/mol. The van der Waals surface area contributed by atoms with Crippen molar-refractivity contribution in [3.8, 4) is 29.4 Å². The number of carbonyl (C=O) groups excluding carboxylic acids is 6. The molecule has 0 amide bonds. The van der Waals surface area contributed by atoms with Gasteiger partial charge >= 0.3 is 35.5 Å². The van der Waals surface area contributed by atoms with E-state index in [4.69, 9.17) is 108 Å². The quantitative estimate of drug-likeness (QED) is 0.00638. The van der Waals surface area contributed by atoms with Crippen molar-refractivity contribution in [3.63, 3.8) is 0 Å². The van der Waals surface area contributed by atoms with Crippen LogP contribution in [0.3, 0.4) is 0 Å². The van der Waals surface area contributed by atoms with Crippen molar-refractivity contribution in [2.75, 3.05) is 143 Å². The Bertz CT molecular complexity index is 3680. The minimum atomic E-state index is -0.833. The standard InChI is InChI=1S/C14H20N4O3.C13H16FNO3.C12H16N4O2.C7H3F2N.2C6H12O3.C6H10O3.C4H7BrO.C4H8O2.C2H5ClO.C2H4O2.B.2ClH.Na.H/c1-3-9(7-20-8-19-2)21-11-6-4-5-10-12(11)13(15)18-14(16)17-10;1-3-10(8-17-9-16-2)18-13-6-4-5-12(14)11(13)7-15;1-2-7(6-17)18-9-5-3-4-8-10(9)11(13)16-12(14)15-8;8-6-2-1-3-7(9)5(6)4-10;2*1-3-6(7)4-9-5-8-2;1-3-6(8)4-9-5(2)7;2*1-2-4(6)3-5;1-4-2-3;1-2(3)4;;;;;/h4-6,9H,3,7-8H2,1-2H3,(H4,15,16,17,18);4-6,10H,3,8-9H2,1-2H3;3-5,7,17H,2,6H2,1H3,(H4,13,14,15,16);1-3H;2*3-5H2,1-2H3;3-4H2,1-2H3;2-3H2,1H3;5H,2-3H2,1H3;2H2,1H3;1H3,(H,3,4);;2*1H;;/q;;;;;;;;;;;;;;+1;-1. The first-order valence-electron chi connectivity index (χ1n) is 35.0. The van der Waals surface area contributed by atoms with Crippen molar-refractivity contribution < 1.29 is 155 Å². The van der Waals surface area contributed by atoms with Gasteiger partial charge in [0.05, 0.1) is 47.0 Å². The number of alkyl halides is 2. The van der Waals surface area contributed by atoms with Crippen LogP contribution in [0.1, 0.15) is 133 Å². The number of hydrogen-bond acceptors (Lipinski definition) is 32. The minimum absolute atomic E-state index is 0. The number of aliphatic hydroxyl groups excluding tert-OH is 2. The van der Waals surface area contributed by atoms with Crippen LogP contribution in [-0.2, 0) is 80.9 Å². The Labute approximate surface area is 740 Å². The van der Waals surface area contributed by atoms with Crippen LogP contribution in [0.15, 0.2) is 72.8 Å². The summed E-state index contributed by atoms with van der Waals surface area (Å²) in [6, 6.07) is 22.0. The van der Waals surface area contributed by atoms with Gasteiger partial charge in [-0.05, 0) is 67.8 Å². The molecule has 42 heteroatoms. The fraction of sp³-hybridized carbons (Fsp3) is 0.513. The number of aliphatic hydroxyl groups is 2. The van der Waals surface area contributed by atoms with Crippen LogP contribution in [0.25, 0.3) is 21.8 Å². The number of ether oxygens (including phenoxy) is 13. The topological polar surface area (TPSA) is 503 Å². The van der Waals surface area contributed by atoms with E-state index in [2.05, 4.69) is 54.8 Å². The first-order valence-corrected chi connectivity index (χ1v) is 36.7. The average molecular weight is 1810 g/mol. The normalized spacial score (nSPS) is 10.1. The van der Waals surface area contributed by atoms with E-state index in [1.807, 2.05) is 45.9 Å². The molecule has 3 atom stereocenters. The summed E-state index contributed by atoms with van der Waals surface area (Å²) in [5.74, 6) is -0.853. The number of carboxylic acid groups (broad SMARTS) is 1. The van der Waals surface area contributed by atoms with Crippen LogP contribution in [-0.4, -0.2) is 223 Å². The number of ketones is 5. The number of nitrogens with two attached hydrogens (primary N) is 4. The van der Waals surface area contributed by atoms with Crippen molar-refractivity contribution in [1.29, 1.82) is 10.5 Å². The van der Waals surface area contributed by atoms with E-state index >= 15 is 0 Å². The largest absolute Gasteiger partial charge is 1.00 e. The van der Waals surface area contributed by atoms with Crippen LogP contribution in [0.2, 0.25) is 0 Å². The van der Waals surface area contributed by atoms with Gasteiger partial charge < -0.3 is 101 Å². The molecule has 118 heavy (non-hydrogen) atoms. The second kappa shape index (κ2) is 85.6. The first kappa shape index (κ1) is 128. The van der Waals surface area contributed by atoms with E-state index < -0.39 is 35.0 Å². The smallest absolute Gasteiger partial charge is 1.00 e. The number of hydrogen-bond donors (Lipinski definition) is 7. The molecule has 33 nitrogen and oxygen atoms in total. The fourth-order valence-corrected chi connectivity index (χ4v) is 7.26. The molecule has 4 aromatic carbocycles. The molecule has 3 radical (unpaired) electrons. The number of rotatable bonds is 36. The van der Waals surface area contributed by atoms with Gasteiger partial charge in [-0.2, -0.15) is 20.5 Å². The van der Waals surface area contributed by atoms with Gasteiger partial charge in [0.15, 0.2) is 23.1 Å². The molecule has 2 heterocycles. The number of fused-ring (bicyclic) bond motifs is 2. The van der Waals surface area contributed by atoms with E-state index in [1.165, 1.54) is 52.5 Å². The zero-order chi connectivity index (χ0) is 87.8. The van der Waals surface area contributed by atoms with Gasteiger partial charge in [0.1, 0.15) is 153 Å². The average Bonchev–Trinajstić information content (AvgIpc) is 0.803. The Morgan fingerprint density at radius 2 is 0.814 bits per heavy atom. The minimum Gasteiger partial charge on any atom is -1.00 e. The number of aliphatic carboxylic acids is 1. The number of esters is 1. The number of halogens is 7. The number of anilines is 4. The molecule has 6 aromatic rings. The van der Waals surface area contributed by atoms with E-state index in [-0.39, 0.29) is 201 Å². The maximum absolute atomic E-state index is 13.4. The second-order valence-corrected chi connectivity index (χ2v) is 22.6. The van der Waals surface area contributed by atoms with Crippen molar-refractivity contribution in [2.24, 2.45) is 0 Å². The predicted octanol–water partition coefficient (Wildman–Crippen LogP) is 8.35. The molecule has 0 aliphatic rings. The summed E-state index contributed by atoms with van der Waals surface area (Å²) in [6.07, 6.45) is 4.12. The van der Waals surface area contributed by atoms with Gasteiger partial charge in [0.2, 0.25) is 11.9 Å². The van der Waals surface area contributed by atoms with Gasteiger partial charge in [0, 0.05) is 89.9 Å². The number of methoxy groups -OCH3 is 5. The molecule has 0 aliphatic carbocycles. The van der Waals surface area contributed by atoms with Crippen LogP contribution in [0.4, 0.5) is 36.7 Å². The Morgan fingerprint density at radius 1 is 0.500 bits per heavy atom. The zero-order valence-corrected chi connectivity index (χ0v) is 75.8. The number of nitrogens with zero attached hydrogens (tertiary/aromatic N) is 6. The van der Waals surface area contributed by atoms with Gasteiger partial charge in [0.25, 0.3) is 5.97 Å². The molecule has 0 saturated carbocycles. The molecule has 3 unspecified atom stereocenters. The van der Waals surface area contributed by atoms with E-state index in [1.54, 1.807) is 72.2 Å². The number of nitrogen functional groups attached to an aromatic ring is 4. The van der Waals surface area contributed by atoms with Crippen LogP contribution < -0.4 is 66.7 Å². The Balaban J connectivity index is -0.000000142. The maximum Gasteiger partial charge on any atom is 1.00 e. The van der Waals surface area contributed by atoms with Crippen molar-refractivity contribution in [2.45, 2.75) is 139 Å². The molecule has 0 saturated heterocycles. The monoisotopic (exact) mass is 1810 g/mol. The Morgan fingerprint density at radius 3 is 1.09 bits per heavy atom. The van der Waals surface area contributed by atoms with Crippen LogP contribution in [0, 0.1) is 40.1 Å². The molecule has 2 aromatic heterocycles. The summed E-state index contributed by atoms with van der Waals surface area (Å²) in [5, 5.41) is 43.4. The number of Topliss-reactive ketones (excluding diaryl/α,β-unsaturated/α-hetero) is 5. The second-order valence-electron chi connectivity index (χ2n) is 21.8. The Hall–Kier alpha value is -7.81. The summed E-state index contributed by atoms with van der Waals surface area (Å²) in [7, 11) is 7.71. The Kier molecular flexibility index (Phi) is 93.1. The van der Waals surface area contributed by atoms with E-state index in [9.17, 15) is 41.9 Å². The number of carboxylic acids is 1. The van der Waals surface area contributed by atoms with Gasteiger partial charge in [-0.3, -0.25) is 33.6 Å².